The molecule has 2 aromatic carbocycles. The molecule has 2 fully saturated rings. The molecular formula is C48H69N7O11S. The van der Waals surface area contributed by atoms with Gasteiger partial charge >= 0.3 is 12.1 Å². The Hall–Kier alpha value is -5.43. The van der Waals surface area contributed by atoms with Gasteiger partial charge in [-0.15, -0.1) is 0 Å². The first-order valence-electron chi connectivity index (χ1n) is 23.2. The molecule has 2 heterocycles. The molecule has 2 aliphatic carbocycles. The van der Waals surface area contributed by atoms with E-state index >= 15 is 0 Å². The number of amides is 3. The number of phenols is 1. The third kappa shape index (κ3) is 11.1. The van der Waals surface area contributed by atoms with Crippen LogP contribution in [0.4, 0.5) is 4.79 Å². The monoisotopic (exact) mass is 951 g/mol. The molecule has 1 saturated carbocycles. The minimum atomic E-state index is -4.16. The van der Waals surface area contributed by atoms with Crippen LogP contribution in [0.1, 0.15) is 120 Å². The lowest BCUT2D eigenvalue weighted by Gasteiger charge is -2.58. The van der Waals surface area contributed by atoms with E-state index in [9.17, 15) is 37.5 Å². The van der Waals surface area contributed by atoms with Crippen LogP contribution >= 0.6 is 0 Å². The predicted octanol–water partition coefficient (Wildman–Crippen LogP) is 4.13. The average molecular weight is 952 g/mol. The van der Waals surface area contributed by atoms with Crippen LogP contribution in [0, 0.1) is 26.7 Å². The van der Waals surface area contributed by atoms with E-state index in [1.54, 1.807) is 47.6 Å². The summed E-state index contributed by atoms with van der Waals surface area (Å²) in [6.07, 6.45) is 2.40. The van der Waals surface area contributed by atoms with Gasteiger partial charge in [0.2, 0.25) is 17.8 Å². The van der Waals surface area contributed by atoms with Gasteiger partial charge in [0.05, 0.1) is 4.90 Å². The molecule has 0 radical (unpaired) electrons. The highest BCUT2D eigenvalue weighted by Crippen LogP contribution is 2.58. The number of esters is 1. The Morgan fingerprint density at radius 3 is 2.51 bits per heavy atom. The highest BCUT2D eigenvalue weighted by Gasteiger charge is 2.56. The Morgan fingerprint density at radius 2 is 1.82 bits per heavy atom. The number of ether oxygens (including phenoxy) is 3. The molecule has 0 spiro atoms. The Balaban J connectivity index is 1.08. The summed E-state index contributed by atoms with van der Waals surface area (Å²) >= 11 is 0. The van der Waals surface area contributed by atoms with Crippen LogP contribution in [0.15, 0.2) is 22.0 Å². The van der Waals surface area contributed by atoms with Crippen molar-refractivity contribution in [3.63, 3.8) is 0 Å². The number of hydrogen-bond acceptors (Lipinski definition) is 13. The zero-order chi connectivity index (χ0) is 49.4. The number of guanidine groups is 1. The fraction of sp³-hybridized carbons (Fsp3) is 0.625. The molecule has 0 aromatic heterocycles. The molecule has 2 bridgehead atoms. The van der Waals surface area contributed by atoms with Gasteiger partial charge in [-0.05, 0) is 142 Å². The molecule has 6 N–H and O–H groups in total. The lowest BCUT2D eigenvalue weighted by Crippen LogP contribution is -2.60. The maximum atomic E-state index is 13.7. The number of Topliss-reactive ketones (excluding diaryl/α,β-unsaturated/α-hetero) is 1. The van der Waals surface area contributed by atoms with Crippen molar-refractivity contribution >= 4 is 45.6 Å². The highest BCUT2D eigenvalue weighted by atomic mass is 32.2. The Morgan fingerprint density at radius 1 is 1.10 bits per heavy atom. The van der Waals surface area contributed by atoms with Crippen molar-refractivity contribution in [2.24, 2.45) is 16.6 Å². The van der Waals surface area contributed by atoms with E-state index in [0.29, 0.717) is 48.1 Å². The summed E-state index contributed by atoms with van der Waals surface area (Å²) in [6.45, 7) is 16.8. The number of nitrogens with zero attached hydrogens (tertiary/aromatic N) is 3. The largest absolute Gasteiger partial charge is 0.504 e. The number of fused-ring (bicyclic) bond motifs is 2. The van der Waals surface area contributed by atoms with Gasteiger partial charge in [-0.3, -0.25) is 24.2 Å². The molecule has 67 heavy (non-hydrogen) atoms. The topological polar surface area (TPSA) is 248 Å². The molecule has 6 rings (SSSR count). The van der Waals surface area contributed by atoms with Crippen LogP contribution in [-0.2, 0) is 52.2 Å². The van der Waals surface area contributed by atoms with Gasteiger partial charge in [0, 0.05) is 68.0 Å². The van der Waals surface area contributed by atoms with Gasteiger partial charge in [0.1, 0.15) is 35.2 Å². The number of sulfonamides is 1. The molecule has 4 aliphatic rings. The number of nitrogens with one attached hydrogen (secondary N) is 3. The van der Waals surface area contributed by atoms with E-state index in [1.165, 1.54) is 4.90 Å². The van der Waals surface area contributed by atoms with Crippen LogP contribution in [0.5, 0.6) is 17.2 Å². The van der Waals surface area contributed by atoms with Crippen molar-refractivity contribution in [3.8, 4) is 17.2 Å². The molecular weight excluding hydrogens is 883 g/mol. The maximum Gasteiger partial charge on any atom is 0.415 e. The SMILES string of the molecule is CCN(CCNC(=O)[C@H](CCCN=C(N)NS(=O)(=O)c1c(C)c(C)c2c(c1C)CC(C)(C)O2)NC(=O)CC(=O)OC(C)(C)C)C(=O)Oc1ccc2c(c1O)[C@]13CCN(C)[C@H](C2)C1CCC(=O)C3. The number of rotatable bonds is 15. The smallest absolute Gasteiger partial charge is 0.415 e. The highest BCUT2D eigenvalue weighted by molar-refractivity contribution is 7.90. The molecule has 2 aliphatic heterocycles. The lowest BCUT2D eigenvalue weighted by molar-refractivity contribution is -0.156. The van der Waals surface area contributed by atoms with Crippen molar-refractivity contribution in [2.45, 2.75) is 154 Å². The third-order valence-electron chi connectivity index (χ3n) is 13.7. The van der Waals surface area contributed by atoms with E-state index in [-0.39, 0.29) is 79.1 Å². The maximum absolute atomic E-state index is 13.7. The fourth-order valence-corrected chi connectivity index (χ4v) is 12.1. The molecule has 18 nitrogen and oxygen atoms in total. The summed E-state index contributed by atoms with van der Waals surface area (Å²) in [4.78, 5) is 73.6. The summed E-state index contributed by atoms with van der Waals surface area (Å²) in [5, 5.41) is 17.1. The second-order valence-corrected chi connectivity index (χ2v) is 21.8. The van der Waals surface area contributed by atoms with Gasteiger partial charge in [-0.2, -0.15) is 0 Å². The minimum Gasteiger partial charge on any atom is -0.504 e. The number of hydrogen-bond donors (Lipinski definition) is 5. The molecule has 4 atom stereocenters. The van der Waals surface area contributed by atoms with E-state index < -0.39 is 63.0 Å². The number of benzene rings is 2. The van der Waals surface area contributed by atoms with Crippen molar-refractivity contribution < 1.29 is 51.7 Å². The quantitative estimate of drug-likeness (QED) is 0.0555. The van der Waals surface area contributed by atoms with Crippen LogP contribution in [0.25, 0.3) is 0 Å². The zero-order valence-electron chi connectivity index (χ0n) is 40.6. The van der Waals surface area contributed by atoms with Gasteiger partial charge < -0.3 is 45.5 Å². The first-order chi connectivity index (χ1) is 31.3. The second-order valence-electron chi connectivity index (χ2n) is 20.2. The number of carbonyl (C=O) groups is 5. The Bertz CT molecular complexity index is 2450. The fourth-order valence-electron chi connectivity index (χ4n) is 10.6. The predicted molar refractivity (Wildman–Crippen MR) is 251 cm³/mol. The van der Waals surface area contributed by atoms with Crippen LogP contribution in [-0.4, -0.2) is 122 Å². The third-order valence-corrected chi connectivity index (χ3v) is 15.3. The summed E-state index contributed by atoms with van der Waals surface area (Å²) in [6, 6.07) is 2.57. The lowest BCUT2D eigenvalue weighted by atomic mass is 9.52. The number of nitrogens with two attached hydrogens (primary N) is 1. The molecule has 3 amide bonds. The number of ketones is 1. The molecule has 1 unspecified atom stereocenters. The molecule has 2 aromatic rings. The molecule has 1 saturated heterocycles. The number of likely N-dealkylation sites (N-methyl/N-ethyl adjacent to an activating group) is 2. The Kier molecular flexibility index (Phi) is 15.0. The van der Waals surface area contributed by atoms with Gasteiger partial charge in [0.15, 0.2) is 11.5 Å². The minimum absolute atomic E-state index is 0.00130. The summed E-state index contributed by atoms with van der Waals surface area (Å²) < 4.78 is 47.0. The molecule has 368 valence electrons. The summed E-state index contributed by atoms with van der Waals surface area (Å²) in [5.74, 6) is -1.55. The van der Waals surface area contributed by atoms with Crippen molar-refractivity contribution in [1.29, 1.82) is 0 Å². The van der Waals surface area contributed by atoms with E-state index in [4.69, 9.17) is 19.9 Å². The number of aromatic hydroxyl groups is 1. The summed E-state index contributed by atoms with van der Waals surface area (Å²) in [7, 11) is -2.05. The Labute approximate surface area is 394 Å². The van der Waals surface area contributed by atoms with Gasteiger partial charge in [0.25, 0.3) is 10.0 Å². The van der Waals surface area contributed by atoms with Crippen molar-refractivity contribution in [2.75, 3.05) is 39.8 Å². The van der Waals surface area contributed by atoms with Crippen molar-refractivity contribution in [3.05, 3.63) is 45.5 Å². The number of piperidine rings is 1. The number of aliphatic imine (C=N–C) groups is 1. The number of phenolic OH excluding ortho intramolecular Hbond substituents is 1. The van der Waals surface area contributed by atoms with Gasteiger partial charge in [-0.25, -0.2) is 17.9 Å². The van der Waals surface area contributed by atoms with Crippen LogP contribution < -0.4 is 30.6 Å². The normalized spacial score (nSPS) is 21.5. The van der Waals surface area contributed by atoms with E-state index in [2.05, 4.69) is 32.3 Å². The first-order valence-corrected chi connectivity index (χ1v) is 24.7. The first kappa shape index (κ1) is 51.0. The van der Waals surface area contributed by atoms with Crippen molar-refractivity contribution in [1.82, 2.24) is 25.2 Å². The number of carbonyl (C=O) groups excluding carboxylic acids is 5. The summed E-state index contributed by atoms with van der Waals surface area (Å²) in [5.41, 5.74) is 8.56. The van der Waals surface area contributed by atoms with E-state index in [0.717, 1.165) is 36.1 Å². The van der Waals surface area contributed by atoms with Gasteiger partial charge in [-0.1, -0.05) is 6.07 Å². The van der Waals surface area contributed by atoms with E-state index in [1.807, 2.05) is 26.8 Å². The zero-order valence-corrected chi connectivity index (χ0v) is 41.5. The molecule has 19 heteroatoms. The van der Waals surface area contributed by atoms with Crippen LogP contribution in [0.2, 0.25) is 0 Å². The number of likely N-dealkylation sites (tertiary alicyclic amines) is 1. The standard InChI is InChI=1S/C48H69N7O11S/c1-11-55(45(61)64-36-17-14-30-23-35-33-16-15-31(56)25-48(33,18-21-54(35)10)39(30)40(36)59)22-20-50-43(60)34(52-37(57)24-38(58)65-46(5,6)7)13-12-19-51-44(49)53-67(62,63)42-28(3)27(2)41-32(29(42)4)26-47(8,9)66-41/h14,17,33-35,59H,11-13,15-16,18-26H2,1-10H3,(H,50,60)(H,52,57)(H3,49,51,53)/t33?,34-,35+,48-/m0/s1. The van der Waals surface area contributed by atoms with Crippen LogP contribution in [0.3, 0.4) is 0 Å². The average Bonchev–Trinajstić information content (AvgIpc) is 3.56. The second kappa shape index (κ2) is 19.7.